The van der Waals surface area contributed by atoms with Gasteiger partial charge in [-0.2, -0.15) is 0 Å². The second-order valence-corrected chi connectivity index (χ2v) is 19.1. The molecule has 10 aromatic rings. The lowest BCUT2D eigenvalue weighted by Crippen LogP contribution is -2.15. The van der Waals surface area contributed by atoms with Gasteiger partial charge in [-0.05, 0) is 144 Å². The van der Waals surface area contributed by atoms with Gasteiger partial charge in [0.15, 0.2) is 0 Å². The minimum Gasteiger partial charge on any atom is -0.309 e. The molecule has 1 heteroatoms. The van der Waals surface area contributed by atoms with E-state index in [1.165, 1.54) is 122 Å². The Bertz CT molecular complexity index is 3820. The average molecular weight is 908 g/mol. The first-order valence-electron chi connectivity index (χ1n) is 24.8. The second kappa shape index (κ2) is 18.3. The fourth-order valence-electron chi connectivity index (χ4n) is 11.2. The van der Waals surface area contributed by atoms with Crippen molar-refractivity contribution >= 4 is 56.8 Å². The van der Waals surface area contributed by atoms with Crippen molar-refractivity contribution in [3.63, 3.8) is 0 Å². The molecule has 12 rings (SSSR count). The van der Waals surface area contributed by atoms with Crippen molar-refractivity contribution in [2.24, 2.45) is 0 Å². The minimum atomic E-state index is -0.314. The summed E-state index contributed by atoms with van der Waals surface area (Å²) in [5.41, 5.74) is 24.4. The number of benzene rings is 9. The Balaban J connectivity index is 1.02. The molecule has 0 saturated carbocycles. The van der Waals surface area contributed by atoms with Gasteiger partial charge in [-0.3, -0.25) is 0 Å². The fraction of sp³-hybridized carbons (Fsp3) is 0.0571. The van der Waals surface area contributed by atoms with Crippen LogP contribution in [0.2, 0.25) is 0 Å². The SMILES string of the molecule is C/C=C/C=C\c1ccccc1/C=C/C=C1\C(=C/c2ccc3c(c2)C(=C(c2ccccc2)c2ccccc2)c2ccccc2-3)C(C)(C)c2cc(-c3ccc4c(c3)c3ccccc3n4-c3ccccc3)ccc21. The smallest absolute Gasteiger partial charge is 0.0541 e. The van der Waals surface area contributed by atoms with Crippen LogP contribution in [0.25, 0.3) is 84.7 Å². The van der Waals surface area contributed by atoms with Gasteiger partial charge in [-0.1, -0.05) is 238 Å². The lowest BCUT2D eigenvalue weighted by molar-refractivity contribution is 0.665. The highest BCUT2D eigenvalue weighted by Crippen LogP contribution is 2.53. The van der Waals surface area contributed by atoms with Gasteiger partial charge in [0, 0.05) is 21.9 Å². The van der Waals surface area contributed by atoms with Gasteiger partial charge in [0.2, 0.25) is 0 Å². The van der Waals surface area contributed by atoms with E-state index in [2.05, 4.69) is 285 Å². The zero-order chi connectivity index (χ0) is 47.9. The number of fused-ring (bicyclic) bond motifs is 7. The Morgan fingerprint density at radius 1 is 0.451 bits per heavy atom. The van der Waals surface area contributed by atoms with E-state index in [-0.39, 0.29) is 5.41 Å². The predicted molar refractivity (Wildman–Crippen MR) is 304 cm³/mol. The van der Waals surface area contributed by atoms with Crippen LogP contribution < -0.4 is 0 Å². The summed E-state index contributed by atoms with van der Waals surface area (Å²) < 4.78 is 2.39. The predicted octanol–water partition coefficient (Wildman–Crippen LogP) is 18.5. The zero-order valence-electron chi connectivity index (χ0n) is 40.4. The maximum absolute atomic E-state index is 2.46. The van der Waals surface area contributed by atoms with E-state index in [1.54, 1.807) is 0 Å². The van der Waals surface area contributed by atoms with E-state index in [1.807, 2.05) is 6.92 Å². The number of hydrogen-bond acceptors (Lipinski definition) is 0. The van der Waals surface area contributed by atoms with E-state index < -0.39 is 0 Å². The first-order chi connectivity index (χ1) is 35.0. The van der Waals surface area contributed by atoms with Crippen molar-refractivity contribution in [2.75, 3.05) is 0 Å². The molecule has 1 nitrogen and oxygen atoms in total. The van der Waals surface area contributed by atoms with Crippen LogP contribution >= 0.6 is 0 Å². The summed E-state index contributed by atoms with van der Waals surface area (Å²) in [6, 6.07) is 80.1. The van der Waals surface area contributed by atoms with Crippen molar-refractivity contribution in [2.45, 2.75) is 26.2 Å². The summed E-state index contributed by atoms with van der Waals surface area (Å²) in [5, 5.41) is 2.51. The molecule has 338 valence electrons. The molecule has 0 bridgehead atoms. The largest absolute Gasteiger partial charge is 0.309 e. The minimum absolute atomic E-state index is 0.314. The summed E-state index contributed by atoms with van der Waals surface area (Å²) in [5.74, 6) is 0. The van der Waals surface area contributed by atoms with Crippen LogP contribution in [0.3, 0.4) is 0 Å². The van der Waals surface area contributed by atoms with E-state index in [0.29, 0.717) is 0 Å². The molecule has 1 heterocycles. The Hall–Kier alpha value is -8.78. The molecule has 0 fully saturated rings. The van der Waals surface area contributed by atoms with Gasteiger partial charge < -0.3 is 4.57 Å². The van der Waals surface area contributed by atoms with Crippen LogP contribution in [-0.2, 0) is 5.41 Å². The van der Waals surface area contributed by atoms with E-state index >= 15 is 0 Å². The topological polar surface area (TPSA) is 4.93 Å². The van der Waals surface area contributed by atoms with Crippen molar-refractivity contribution in [1.82, 2.24) is 4.57 Å². The molecule has 2 aliphatic rings. The fourth-order valence-corrected chi connectivity index (χ4v) is 11.2. The zero-order valence-corrected chi connectivity index (χ0v) is 40.4. The van der Waals surface area contributed by atoms with E-state index in [4.69, 9.17) is 0 Å². The van der Waals surface area contributed by atoms with E-state index in [9.17, 15) is 0 Å². The first kappa shape index (κ1) is 43.5. The van der Waals surface area contributed by atoms with Crippen LogP contribution in [0.5, 0.6) is 0 Å². The molecular weight excluding hydrogens is 855 g/mol. The van der Waals surface area contributed by atoms with Crippen LogP contribution in [0.4, 0.5) is 0 Å². The molecule has 0 N–H and O–H groups in total. The number of rotatable bonds is 9. The maximum Gasteiger partial charge on any atom is 0.0541 e. The van der Waals surface area contributed by atoms with Crippen LogP contribution in [0.15, 0.2) is 254 Å². The molecule has 9 aromatic carbocycles. The van der Waals surface area contributed by atoms with Crippen molar-refractivity contribution < 1.29 is 0 Å². The molecule has 0 amide bonds. The Kier molecular flexibility index (Phi) is 11.2. The highest BCUT2D eigenvalue weighted by atomic mass is 15.0. The van der Waals surface area contributed by atoms with Gasteiger partial charge in [-0.25, -0.2) is 0 Å². The molecule has 0 aliphatic heterocycles. The number of allylic oxidation sites excluding steroid dienone is 7. The third-order valence-corrected chi connectivity index (χ3v) is 14.6. The second-order valence-electron chi connectivity index (χ2n) is 19.1. The molecular formula is C70H53N. The average Bonchev–Trinajstić information content (AvgIpc) is 3.99. The lowest BCUT2D eigenvalue weighted by atomic mass is 9.80. The molecule has 0 saturated heterocycles. The number of nitrogens with zero attached hydrogens (tertiary/aromatic N) is 1. The number of para-hydroxylation sites is 2. The van der Waals surface area contributed by atoms with Gasteiger partial charge in [0.1, 0.15) is 0 Å². The summed E-state index contributed by atoms with van der Waals surface area (Å²) >= 11 is 0. The molecule has 71 heavy (non-hydrogen) atoms. The third-order valence-electron chi connectivity index (χ3n) is 14.6. The quantitative estimate of drug-likeness (QED) is 0.127. The van der Waals surface area contributed by atoms with Gasteiger partial charge >= 0.3 is 0 Å². The molecule has 2 aliphatic carbocycles. The standard InChI is InChI=1S/C70H53N/c1-4-5-9-23-49-24-16-17-25-50(49)30-22-36-58-59-42-39-54(53-40-43-67-62(46-53)60-34-20-21-37-66(60)71(67)55-31-14-8-15-32-55)47-65(59)70(2,3)64(58)45-48-38-41-57-56-33-18-19-35-61(56)69(63(57)44-48)68(51-26-10-6-11-27-51)52-28-12-7-13-29-52/h4-47H,1-3H3/b5-4+,23-9-,30-22+,58-36-,64-45+. The van der Waals surface area contributed by atoms with E-state index in [0.717, 1.165) is 0 Å². The molecule has 0 radical (unpaired) electrons. The van der Waals surface area contributed by atoms with Crippen molar-refractivity contribution in [3.05, 3.63) is 304 Å². The highest BCUT2D eigenvalue weighted by molar-refractivity contribution is 6.14. The summed E-state index contributed by atoms with van der Waals surface area (Å²) in [6.07, 6.45) is 17.7. The normalized spacial score (nSPS) is 14.9. The summed E-state index contributed by atoms with van der Waals surface area (Å²) in [4.78, 5) is 0. The van der Waals surface area contributed by atoms with Crippen LogP contribution in [0.1, 0.15) is 70.8 Å². The summed E-state index contributed by atoms with van der Waals surface area (Å²) in [7, 11) is 0. The van der Waals surface area contributed by atoms with Crippen LogP contribution in [-0.4, -0.2) is 4.57 Å². The van der Waals surface area contributed by atoms with Gasteiger partial charge in [-0.15, -0.1) is 0 Å². The molecule has 1 aromatic heterocycles. The third kappa shape index (κ3) is 7.77. The van der Waals surface area contributed by atoms with Gasteiger partial charge in [0.05, 0.1) is 11.0 Å². The highest BCUT2D eigenvalue weighted by Gasteiger charge is 2.38. The van der Waals surface area contributed by atoms with Crippen LogP contribution in [0, 0.1) is 0 Å². The maximum atomic E-state index is 2.46. The molecule has 0 unspecified atom stereocenters. The Morgan fingerprint density at radius 3 is 1.76 bits per heavy atom. The van der Waals surface area contributed by atoms with Crippen molar-refractivity contribution in [3.8, 4) is 27.9 Å². The molecule has 0 atom stereocenters. The summed E-state index contributed by atoms with van der Waals surface area (Å²) in [6.45, 7) is 6.86. The van der Waals surface area contributed by atoms with Gasteiger partial charge in [0.25, 0.3) is 0 Å². The molecule has 0 spiro atoms. The first-order valence-corrected chi connectivity index (χ1v) is 24.8. The Labute approximate surface area is 417 Å². The number of hydrogen-bond donors (Lipinski definition) is 0. The number of aromatic nitrogens is 1. The van der Waals surface area contributed by atoms with Crippen molar-refractivity contribution in [1.29, 1.82) is 0 Å². The lowest BCUT2D eigenvalue weighted by Gasteiger charge is -2.23. The monoisotopic (exact) mass is 907 g/mol. The Morgan fingerprint density at radius 2 is 1.03 bits per heavy atom.